The molecule has 0 unspecified atom stereocenters. The molecule has 0 bridgehead atoms. The largest absolute Gasteiger partial charge is 0.438 e. The molecule has 0 radical (unpaired) electrons. The Bertz CT molecular complexity index is 534. The molecule has 0 spiro atoms. The fraction of sp³-hybridized carbons (Fsp3) is 0.0833. The van der Waals surface area contributed by atoms with E-state index in [1.807, 2.05) is 18.2 Å². The summed E-state index contributed by atoms with van der Waals surface area (Å²) < 4.78 is 19.4. The van der Waals surface area contributed by atoms with Crippen LogP contribution in [0.5, 0.6) is 11.6 Å². The van der Waals surface area contributed by atoms with E-state index in [9.17, 15) is 4.39 Å². The number of hydrogen-bond donors (Lipinski definition) is 1. The van der Waals surface area contributed by atoms with Gasteiger partial charge >= 0.3 is 0 Å². The third-order valence-electron chi connectivity index (χ3n) is 2.16. The van der Waals surface area contributed by atoms with Gasteiger partial charge in [-0.25, -0.2) is 9.37 Å². The van der Waals surface area contributed by atoms with Gasteiger partial charge < -0.3 is 10.5 Å². The molecule has 0 aliphatic rings. The van der Waals surface area contributed by atoms with Crippen LogP contribution in [0.2, 0.25) is 0 Å². The first-order valence-electron chi connectivity index (χ1n) is 4.97. The summed E-state index contributed by atoms with van der Waals surface area (Å²) in [6, 6.07) is 8.67. The zero-order chi connectivity index (χ0) is 12.3. The summed E-state index contributed by atoms with van der Waals surface area (Å²) in [6.07, 6.45) is 1.10. The van der Waals surface area contributed by atoms with E-state index in [1.165, 1.54) is 6.07 Å². The van der Waals surface area contributed by atoms with Crippen molar-refractivity contribution >= 4 is 15.9 Å². The number of halogens is 2. The van der Waals surface area contributed by atoms with Gasteiger partial charge in [0.1, 0.15) is 11.6 Å². The van der Waals surface area contributed by atoms with E-state index in [-0.39, 0.29) is 6.54 Å². The molecule has 0 fully saturated rings. The van der Waals surface area contributed by atoms with E-state index in [2.05, 4.69) is 20.9 Å². The molecule has 1 aromatic carbocycles. The van der Waals surface area contributed by atoms with Gasteiger partial charge in [0.25, 0.3) is 0 Å². The highest BCUT2D eigenvalue weighted by atomic mass is 79.9. The van der Waals surface area contributed by atoms with Crippen LogP contribution in [-0.4, -0.2) is 4.98 Å². The van der Waals surface area contributed by atoms with E-state index in [1.54, 1.807) is 6.07 Å². The van der Waals surface area contributed by atoms with Crippen molar-refractivity contribution in [1.29, 1.82) is 0 Å². The van der Waals surface area contributed by atoms with Crippen molar-refractivity contribution < 1.29 is 9.13 Å². The van der Waals surface area contributed by atoms with Crippen LogP contribution in [0, 0.1) is 5.82 Å². The Morgan fingerprint density at radius 2 is 2.12 bits per heavy atom. The standard InChI is InChI=1S/C12H10BrFN2O/c13-10-3-1-2-4-11(10)17-12-8(6-15)5-9(14)7-16-12/h1-5,7H,6,15H2. The third-order valence-corrected chi connectivity index (χ3v) is 2.81. The SMILES string of the molecule is NCc1cc(F)cnc1Oc1ccccc1Br. The van der Waals surface area contributed by atoms with Crippen LogP contribution < -0.4 is 10.5 Å². The summed E-state index contributed by atoms with van der Waals surface area (Å²) in [6.45, 7) is 0.171. The minimum Gasteiger partial charge on any atom is -0.438 e. The molecule has 17 heavy (non-hydrogen) atoms. The number of para-hydroxylation sites is 1. The number of aromatic nitrogens is 1. The molecule has 1 aromatic heterocycles. The Kier molecular flexibility index (Phi) is 3.71. The molecule has 5 heteroatoms. The van der Waals surface area contributed by atoms with Crippen LogP contribution in [0.15, 0.2) is 41.0 Å². The number of ether oxygens (including phenoxy) is 1. The minimum atomic E-state index is -0.426. The first-order chi connectivity index (χ1) is 8.20. The summed E-state index contributed by atoms with van der Waals surface area (Å²) in [5.41, 5.74) is 6.04. The smallest absolute Gasteiger partial charge is 0.223 e. The maximum atomic E-state index is 13.0. The summed E-state index contributed by atoms with van der Waals surface area (Å²) >= 11 is 3.36. The van der Waals surface area contributed by atoms with Gasteiger partial charge in [0.05, 0.1) is 10.7 Å². The molecule has 0 atom stereocenters. The van der Waals surface area contributed by atoms with Gasteiger partial charge in [-0.1, -0.05) is 12.1 Å². The second kappa shape index (κ2) is 5.25. The molecule has 0 aliphatic carbocycles. The Morgan fingerprint density at radius 1 is 1.35 bits per heavy atom. The minimum absolute atomic E-state index is 0.171. The molecule has 3 nitrogen and oxygen atoms in total. The van der Waals surface area contributed by atoms with E-state index in [0.717, 1.165) is 10.7 Å². The Morgan fingerprint density at radius 3 is 2.82 bits per heavy atom. The normalized spacial score (nSPS) is 10.3. The van der Waals surface area contributed by atoms with Crippen molar-refractivity contribution in [3.05, 3.63) is 52.4 Å². The fourth-order valence-corrected chi connectivity index (χ4v) is 1.70. The number of nitrogens with zero attached hydrogens (tertiary/aromatic N) is 1. The summed E-state index contributed by atoms with van der Waals surface area (Å²) in [5.74, 6) is 0.507. The maximum Gasteiger partial charge on any atom is 0.223 e. The lowest BCUT2D eigenvalue weighted by molar-refractivity contribution is 0.449. The molecule has 2 rings (SSSR count). The molecule has 2 aromatic rings. The average molecular weight is 297 g/mol. The number of pyridine rings is 1. The lowest BCUT2D eigenvalue weighted by Crippen LogP contribution is -2.02. The molecule has 1 heterocycles. The highest BCUT2D eigenvalue weighted by Gasteiger charge is 2.08. The van der Waals surface area contributed by atoms with Crippen LogP contribution in [0.4, 0.5) is 4.39 Å². The molecule has 2 N–H and O–H groups in total. The average Bonchev–Trinajstić information content (AvgIpc) is 2.34. The second-order valence-electron chi connectivity index (χ2n) is 3.35. The van der Waals surface area contributed by atoms with Crippen molar-refractivity contribution in [3.8, 4) is 11.6 Å². The number of rotatable bonds is 3. The molecule has 0 aliphatic heterocycles. The van der Waals surface area contributed by atoms with Crippen molar-refractivity contribution in [3.63, 3.8) is 0 Å². The second-order valence-corrected chi connectivity index (χ2v) is 4.21. The Hall–Kier alpha value is -1.46. The van der Waals surface area contributed by atoms with E-state index < -0.39 is 5.82 Å². The molecule has 0 saturated carbocycles. The van der Waals surface area contributed by atoms with Crippen molar-refractivity contribution in [2.24, 2.45) is 5.73 Å². The summed E-state index contributed by atoms with van der Waals surface area (Å²) in [5, 5.41) is 0. The van der Waals surface area contributed by atoms with Crippen molar-refractivity contribution in [2.45, 2.75) is 6.54 Å². The number of nitrogens with two attached hydrogens (primary N) is 1. The van der Waals surface area contributed by atoms with Crippen LogP contribution in [0.1, 0.15) is 5.56 Å². The zero-order valence-corrected chi connectivity index (χ0v) is 10.4. The van der Waals surface area contributed by atoms with Crippen LogP contribution in [0.3, 0.4) is 0 Å². The van der Waals surface area contributed by atoms with E-state index >= 15 is 0 Å². The van der Waals surface area contributed by atoms with Gasteiger partial charge in [-0.15, -0.1) is 0 Å². The Labute approximate surface area is 107 Å². The van der Waals surface area contributed by atoms with Crippen molar-refractivity contribution in [1.82, 2.24) is 4.98 Å². The summed E-state index contributed by atoms with van der Waals surface area (Å²) in [7, 11) is 0. The summed E-state index contributed by atoms with van der Waals surface area (Å²) in [4.78, 5) is 3.89. The van der Waals surface area contributed by atoms with Gasteiger partial charge in [-0.05, 0) is 34.1 Å². The van der Waals surface area contributed by atoms with Crippen molar-refractivity contribution in [2.75, 3.05) is 0 Å². The molecular weight excluding hydrogens is 287 g/mol. The topological polar surface area (TPSA) is 48.1 Å². The van der Waals surface area contributed by atoms with E-state index in [4.69, 9.17) is 10.5 Å². The quantitative estimate of drug-likeness (QED) is 0.946. The lowest BCUT2D eigenvalue weighted by atomic mass is 10.2. The predicted molar refractivity (Wildman–Crippen MR) is 66.3 cm³/mol. The van der Waals surface area contributed by atoms with Gasteiger partial charge in [0, 0.05) is 12.1 Å². The third kappa shape index (κ3) is 2.81. The highest BCUT2D eigenvalue weighted by Crippen LogP contribution is 2.29. The van der Waals surface area contributed by atoms with Crippen LogP contribution in [0.25, 0.3) is 0 Å². The van der Waals surface area contributed by atoms with Crippen LogP contribution in [-0.2, 0) is 6.54 Å². The molecular formula is C12H10BrFN2O. The monoisotopic (exact) mass is 296 g/mol. The van der Waals surface area contributed by atoms with Gasteiger partial charge in [-0.3, -0.25) is 0 Å². The number of benzene rings is 1. The molecule has 0 saturated heterocycles. The van der Waals surface area contributed by atoms with Crippen LogP contribution >= 0.6 is 15.9 Å². The first kappa shape index (κ1) is 12.0. The highest BCUT2D eigenvalue weighted by molar-refractivity contribution is 9.10. The lowest BCUT2D eigenvalue weighted by Gasteiger charge is -2.09. The van der Waals surface area contributed by atoms with Gasteiger partial charge in [0.15, 0.2) is 0 Å². The zero-order valence-electron chi connectivity index (χ0n) is 8.86. The van der Waals surface area contributed by atoms with E-state index in [0.29, 0.717) is 17.2 Å². The molecule has 88 valence electrons. The van der Waals surface area contributed by atoms with Gasteiger partial charge in [0.2, 0.25) is 5.88 Å². The predicted octanol–water partition coefficient (Wildman–Crippen LogP) is 3.23. The fourth-order valence-electron chi connectivity index (χ4n) is 1.34. The first-order valence-corrected chi connectivity index (χ1v) is 5.77. The molecule has 0 amide bonds. The maximum absolute atomic E-state index is 13.0. The van der Waals surface area contributed by atoms with Gasteiger partial charge in [-0.2, -0.15) is 0 Å². The number of hydrogen-bond acceptors (Lipinski definition) is 3. The Balaban J connectivity index is 2.33.